The third-order valence-corrected chi connectivity index (χ3v) is 4.67. The molecule has 2 N–H and O–H groups in total. The van der Waals surface area contributed by atoms with Crippen LogP contribution in [0, 0.1) is 0 Å². The Morgan fingerprint density at radius 2 is 1.68 bits per heavy atom. The summed E-state index contributed by atoms with van der Waals surface area (Å²) in [5.41, 5.74) is 2.31. The molecule has 2 aromatic carbocycles. The Hall–Kier alpha value is -3.52. The third kappa shape index (κ3) is 7.04. The standard InChI is InChI=1S/C23H27N5O3/c1-3-28(16-21(30)25-20-13-11-19(12-14-20)24-17(2)29)15-7-10-22-26-23(27-31-22)18-8-5-4-6-9-18/h4-6,8-9,11-14H,3,7,10,15-16H2,1-2H3,(H,24,29)(H,25,30). The van der Waals surface area contributed by atoms with Gasteiger partial charge in [0.25, 0.3) is 0 Å². The first-order valence-corrected chi connectivity index (χ1v) is 10.3. The van der Waals surface area contributed by atoms with E-state index in [9.17, 15) is 9.59 Å². The lowest BCUT2D eigenvalue weighted by Crippen LogP contribution is -2.34. The number of aromatic nitrogens is 2. The van der Waals surface area contributed by atoms with E-state index in [0.717, 1.165) is 25.1 Å². The van der Waals surface area contributed by atoms with E-state index >= 15 is 0 Å². The largest absolute Gasteiger partial charge is 0.339 e. The summed E-state index contributed by atoms with van der Waals surface area (Å²) in [5.74, 6) is 0.968. The Labute approximate surface area is 181 Å². The van der Waals surface area contributed by atoms with Crippen LogP contribution in [0.5, 0.6) is 0 Å². The lowest BCUT2D eigenvalue weighted by atomic mass is 10.2. The summed E-state index contributed by atoms with van der Waals surface area (Å²) in [6.45, 7) is 5.27. The molecule has 0 aliphatic heterocycles. The Morgan fingerprint density at radius 1 is 1.00 bits per heavy atom. The van der Waals surface area contributed by atoms with Crippen molar-refractivity contribution in [2.24, 2.45) is 0 Å². The van der Waals surface area contributed by atoms with Gasteiger partial charge in [0.1, 0.15) is 0 Å². The maximum Gasteiger partial charge on any atom is 0.238 e. The predicted octanol–water partition coefficient (Wildman–Crippen LogP) is 3.59. The highest BCUT2D eigenvalue weighted by Gasteiger charge is 2.12. The first-order chi connectivity index (χ1) is 15.0. The van der Waals surface area contributed by atoms with E-state index in [1.54, 1.807) is 24.3 Å². The fourth-order valence-corrected chi connectivity index (χ4v) is 3.11. The van der Waals surface area contributed by atoms with E-state index in [1.165, 1.54) is 6.92 Å². The van der Waals surface area contributed by atoms with Crippen molar-refractivity contribution in [2.75, 3.05) is 30.3 Å². The van der Waals surface area contributed by atoms with E-state index in [2.05, 4.69) is 25.7 Å². The second-order valence-electron chi connectivity index (χ2n) is 7.16. The van der Waals surface area contributed by atoms with Crippen LogP contribution in [0.3, 0.4) is 0 Å². The summed E-state index contributed by atoms with van der Waals surface area (Å²) in [4.78, 5) is 30.0. The van der Waals surface area contributed by atoms with Gasteiger partial charge in [0, 0.05) is 30.3 Å². The van der Waals surface area contributed by atoms with Crippen LogP contribution in [0.2, 0.25) is 0 Å². The van der Waals surface area contributed by atoms with Crippen LogP contribution in [0.1, 0.15) is 26.2 Å². The van der Waals surface area contributed by atoms with Gasteiger partial charge < -0.3 is 15.2 Å². The number of nitrogens with zero attached hydrogens (tertiary/aromatic N) is 3. The first-order valence-electron chi connectivity index (χ1n) is 10.3. The molecule has 0 radical (unpaired) electrons. The maximum absolute atomic E-state index is 12.4. The van der Waals surface area contributed by atoms with Crippen LogP contribution in [0.25, 0.3) is 11.4 Å². The van der Waals surface area contributed by atoms with Gasteiger partial charge in [-0.15, -0.1) is 0 Å². The number of carbonyl (C=O) groups is 2. The molecule has 0 bridgehead atoms. The number of nitrogens with one attached hydrogen (secondary N) is 2. The van der Waals surface area contributed by atoms with Gasteiger partial charge in [-0.1, -0.05) is 42.4 Å². The minimum Gasteiger partial charge on any atom is -0.339 e. The van der Waals surface area contributed by atoms with Crippen LogP contribution in [0.4, 0.5) is 11.4 Å². The molecule has 8 heteroatoms. The zero-order valence-electron chi connectivity index (χ0n) is 17.8. The summed E-state index contributed by atoms with van der Waals surface area (Å²) >= 11 is 0. The summed E-state index contributed by atoms with van der Waals surface area (Å²) < 4.78 is 5.34. The summed E-state index contributed by atoms with van der Waals surface area (Å²) in [5, 5.41) is 9.61. The Kier molecular flexibility index (Phi) is 7.89. The van der Waals surface area contributed by atoms with Gasteiger partial charge in [-0.3, -0.25) is 14.5 Å². The number of hydrogen-bond donors (Lipinski definition) is 2. The summed E-state index contributed by atoms with van der Waals surface area (Å²) in [7, 11) is 0. The van der Waals surface area contributed by atoms with E-state index in [4.69, 9.17) is 4.52 Å². The molecule has 0 unspecified atom stereocenters. The molecule has 0 saturated carbocycles. The third-order valence-electron chi connectivity index (χ3n) is 4.67. The van der Waals surface area contributed by atoms with Crippen LogP contribution in [0.15, 0.2) is 59.1 Å². The van der Waals surface area contributed by atoms with Crippen molar-refractivity contribution in [1.29, 1.82) is 0 Å². The molecule has 0 aliphatic rings. The fraction of sp³-hybridized carbons (Fsp3) is 0.304. The number of likely N-dealkylation sites (N-methyl/N-ethyl adjacent to an activating group) is 1. The Balaban J connectivity index is 1.43. The van der Waals surface area contributed by atoms with Crippen LogP contribution in [-0.2, 0) is 16.0 Å². The first kappa shape index (κ1) is 22.2. The molecule has 162 valence electrons. The minimum absolute atomic E-state index is 0.0849. The Bertz CT molecular complexity index is 986. The number of rotatable bonds is 10. The molecule has 2 amide bonds. The van der Waals surface area contributed by atoms with Crippen molar-refractivity contribution in [1.82, 2.24) is 15.0 Å². The van der Waals surface area contributed by atoms with Crippen molar-refractivity contribution >= 4 is 23.2 Å². The number of amides is 2. The van der Waals surface area contributed by atoms with Gasteiger partial charge in [-0.2, -0.15) is 4.98 Å². The predicted molar refractivity (Wildman–Crippen MR) is 120 cm³/mol. The smallest absolute Gasteiger partial charge is 0.238 e. The molecule has 8 nitrogen and oxygen atoms in total. The molecule has 3 rings (SSSR count). The van der Waals surface area contributed by atoms with Crippen LogP contribution >= 0.6 is 0 Å². The lowest BCUT2D eigenvalue weighted by Gasteiger charge is -2.19. The SMILES string of the molecule is CCN(CCCc1nc(-c2ccccc2)no1)CC(=O)Nc1ccc(NC(C)=O)cc1. The second-order valence-corrected chi connectivity index (χ2v) is 7.16. The topological polar surface area (TPSA) is 100 Å². The molecule has 1 aromatic heterocycles. The number of benzene rings is 2. The van der Waals surface area contributed by atoms with Crippen molar-refractivity contribution in [3.8, 4) is 11.4 Å². The van der Waals surface area contributed by atoms with E-state index in [0.29, 0.717) is 36.1 Å². The second kappa shape index (κ2) is 11.0. The fourth-order valence-electron chi connectivity index (χ4n) is 3.11. The van der Waals surface area contributed by atoms with E-state index in [1.807, 2.05) is 37.3 Å². The quantitative estimate of drug-likeness (QED) is 0.519. The van der Waals surface area contributed by atoms with Crippen molar-refractivity contribution < 1.29 is 14.1 Å². The molecule has 0 aliphatic carbocycles. The molecule has 3 aromatic rings. The molecule has 31 heavy (non-hydrogen) atoms. The van der Waals surface area contributed by atoms with Gasteiger partial charge in [0.05, 0.1) is 6.54 Å². The zero-order valence-corrected chi connectivity index (χ0v) is 17.8. The van der Waals surface area contributed by atoms with Gasteiger partial charge in [0.2, 0.25) is 23.5 Å². The molecule has 0 spiro atoms. The van der Waals surface area contributed by atoms with Crippen LogP contribution in [-0.4, -0.2) is 46.5 Å². The molecule has 0 fully saturated rings. The summed E-state index contributed by atoms with van der Waals surface area (Å²) in [6, 6.07) is 16.7. The highest BCUT2D eigenvalue weighted by atomic mass is 16.5. The highest BCUT2D eigenvalue weighted by molar-refractivity contribution is 5.93. The Morgan fingerprint density at radius 3 is 2.32 bits per heavy atom. The van der Waals surface area contributed by atoms with E-state index in [-0.39, 0.29) is 11.8 Å². The number of aryl methyl sites for hydroxylation is 1. The average molecular weight is 422 g/mol. The summed E-state index contributed by atoms with van der Waals surface area (Å²) in [6.07, 6.45) is 1.46. The van der Waals surface area contributed by atoms with Crippen molar-refractivity contribution in [3.05, 3.63) is 60.5 Å². The van der Waals surface area contributed by atoms with E-state index < -0.39 is 0 Å². The molecule has 0 saturated heterocycles. The number of hydrogen-bond acceptors (Lipinski definition) is 6. The van der Waals surface area contributed by atoms with Gasteiger partial charge in [-0.25, -0.2) is 0 Å². The number of carbonyl (C=O) groups excluding carboxylic acids is 2. The molecular weight excluding hydrogens is 394 g/mol. The highest BCUT2D eigenvalue weighted by Crippen LogP contribution is 2.16. The zero-order chi connectivity index (χ0) is 22.1. The monoisotopic (exact) mass is 421 g/mol. The normalized spacial score (nSPS) is 10.8. The lowest BCUT2D eigenvalue weighted by molar-refractivity contribution is -0.117. The average Bonchev–Trinajstić information content (AvgIpc) is 3.23. The van der Waals surface area contributed by atoms with Crippen LogP contribution < -0.4 is 10.6 Å². The minimum atomic E-state index is -0.132. The van der Waals surface area contributed by atoms with Gasteiger partial charge in [-0.05, 0) is 43.8 Å². The molecular formula is C23H27N5O3. The molecule has 0 atom stereocenters. The maximum atomic E-state index is 12.4. The number of anilines is 2. The van der Waals surface area contributed by atoms with Gasteiger partial charge in [0.15, 0.2) is 0 Å². The van der Waals surface area contributed by atoms with Crippen molar-refractivity contribution in [3.63, 3.8) is 0 Å². The molecule has 1 heterocycles. The van der Waals surface area contributed by atoms with Gasteiger partial charge >= 0.3 is 0 Å². The van der Waals surface area contributed by atoms with Crippen molar-refractivity contribution in [2.45, 2.75) is 26.7 Å².